The third-order valence-corrected chi connectivity index (χ3v) is 3.96. The van der Waals surface area contributed by atoms with Crippen molar-refractivity contribution in [1.29, 1.82) is 0 Å². The van der Waals surface area contributed by atoms with Crippen molar-refractivity contribution in [2.45, 2.75) is 6.92 Å². The van der Waals surface area contributed by atoms with E-state index in [4.69, 9.17) is 27.9 Å². The van der Waals surface area contributed by atoms with Gasteiger partial charge < -0.3 is 14.5 Å². The average Bonchev–Trinajstić information content (AvgIpc) is 2.48. The van der Waals surface area contributed by atoms with Crippen molar-refractivity contribution in [3.63, 3.8) is 0 Å². The molecular formula is C14H18Cl2N2O2. The molecule has 1 aromatic carbocycles. The van der Waals surface area contributed by atoms with E-state index < -0.39 is 0 Å². The molecule has 4 nitrogen and oxygen atoms in total. The van der Waals surface area contributed by atoms with Crippen molar-refractivity contribution >= 4 is 29.1 Å². The number of carbonyl (C=O) groups excluding carboxylic acids is 1. The Labute approximate surface area is 129 Å². The maximum absolute atomic E-state index is 12.1. The number of halogens is 2. The highest BCUT2D eigenvalue weighted by molar-refractivity contribution is 6.34. The number of piperazine rings is 1. The van der Waals surface area contributed by atoms with Gasteiger partial charge >= 0.3 is 0 Å². The quantitative estimate of drug-likeness (QED) is 0.855. The van der Waals surface area contributed by atoms with Gasteiger partial charge in [-0.15, -0.1) is 0 Å². The van der Waals surface area contributed by atoms with E-state index >= 15 is 0 Å². The highest BCUT2D eigenvalue weighted by atomic mass is 35.5. The molecule has 0 aromatic heterocycles. The van der Waals surface area contributed by atoms with Crippen molar-refractivity contribution in [2.24, 2.45) is 0 Å². The molecule has 20 heavy (non-hydrogen) atoms. The highest BCUT2D eigenvalue weighted by Gasteiger charge is 2.20. The van der Waals surface area contributed by atoms with E-state index in [-0.39, 0.29) is 12.5 Å². The van der Waals surface area contributed by atoms with E-state index in [1.807, 2.05) is 4.90 Å². The molecule has 0 aliphatic carbocycles. The van der Waals surface area contributed by atoms with Crippen molar-refractivity contribution in [3.05, 3.63) is 28.2 Å². The zero-order chi connectivity index (χ0) is 14.5. The second kappa shape index (κ2) is 7.16. The van der Waals surface area contributed by atoms with Crippen LogP contribution in [0.2, 0.25) is 10.0 Å². The molecule has 1 aliphatic heterocycles. The lowest BCUT2D eigenvalue weighted by atomic mass is 10.3. The molecule has 6 heteroatoms. The van der Waals surface area contributed by atoms with E-state index in [1.165, 1.54) is 0 Å². The minimum Gasteiger partial charge on any atom is -0.482 e. The molecule has 0 radical (unpaired) electrons. The monoisotopic (exact) mass is 316 g/mol. The SMILES string of the molecule is CCN1CCN(C(=O)COc2cc(Cl)ccc2Cl)CC1. The van der Waals surface area contributed by atoms with Gasteiger partial charge in [-0.2, -0.15) is 0 Å². The number of amides is 1. The van der Waals surface area contributed by atoms with Gasteiger partial charge in [-0.25, -0.2) is 0 Å². The largest absolute Gasteiger partial charge is 0.482 e. The predicted octanol–water partition coefficient (Wildman–Crippen LogP) is 2.54. The van der Waals surface area contributed by atoms with Crippen molar-refractivity contribution < 1.29 is 9.53 Å². The zero-order valence-corrected chi connectivity index (χ0v) is 13.0. The number of hydrogen-bond acceptors (Lipinski definition) is 3. The van der Waals surface area contributed by atoms with Crippen LogP contribution in [0.3, 0.4) is 0 Å². The van der Waals surface area contributed by atoms with Gasteiger partial charge in [-0.3, -0.25) is 4.79 Å². The van der Waals surface area contributed by atoms with E-state index in [1.54, 1.807) is 18.2 Å². The second-order valence-corrected chi connectivity index (χ2v) is 5.52. The van der Waals surface area contributed by atoms with Crippen LogP contribution in [-0.2, 0) is 4.79 Å². The van der Waals surface area contributed by atoms with Gasteiger partial charge in [0.1, 0.15) is 5.75 Å². The normalized spacial score (nSPS) is 16.2. The Balaban J connectivity index is 1.85. The minimum absolute atomic E-state index is 0.00775. The summed E-state index contributed by atoms with van der Waals surface area (Å²) in [4.78, 5) is 16.2. The minimum atomic E-state index is -0.0169. The molecule has 2 rings (SSSR count). The van der Waals surface area contributed by atoms with Gasteiger partial charge in [-0.05, 0) is 18.7 Å². The topological polar surface area (TPSA) is 32.8 Å². The maximum Gasteiger partial charge on any atom is 0.260 e. The first kappa shape index (κ1) is 15.4. The summed E-state index contributed by atoms with van der Waals surface area (Å²) in [6.07, 6.45) is 0. The first-order chi connectivity index (χ1) is 9.60. The van der Waals surface area contributed by atoms with Crippen LogP contribution in [0.15, 0.2) is 18.2 Å². The molecule has 0 N–H and O–H groups in total. The fourth-order valence-corrected chi connectivity index (χ4v) is 2.47. The van der Waals surface area contributed by atoms with Gasteiger partial charge in [0, 0.05) is 37.3 Å². The molecule has 0 bridgehead atoms. The van der Waals surface area contributed by atoms with E-state index in [0.717, 1.165) is 32.7 Å². The molecule has 0 spiro atoms. The highest BCUT2D eigenvalue weighted by Crippen LogP contribution is 2.27. The number of likely N-dealkylation sites (N-methyl/N-ethyl adjacent to an activating group) is 1. The lowest BCUT2D eigenvalue weighted by Crippen LogP contribution is -2.49. The summed E-state index contributed by atoms with van der Waals surface area (Å²) in [5.41, 5.74) is 0. The van der Waals surface area contributed by atoms with Crippen LogP contribution in [0.25, 0.3) is 0 Å². The molecule has 1 fully saturated rings. The third kappa shape index (κ3) is 4.01. The summed E-state index contributed by atoms with van der Waals surface area (Å²) in [5.74, 6) is 0.427. The fourth-order valence-electron chi connectivity index (χ4n) is 2.13. The van der Waals surface area contributed by atoms with Crippen LogP contribution in [-0.4, -0.2) is 55.0 Å². The second-order valence-electron chi connectivity index (χ2n) is 4.68. The standard InChI is InChI=1S/C14H18Cl2N2O2/c1-2-17-5-7-18(8-6-17)14(19)10-20-13-9-11(15)3-4-12(13)16/h3-4,9H,2,5-8,10H2,1H3. The van der Waals surface area contributed by atoms with Gasteiger partial charge in [0.15, 0.2) is 6.61 Å². The fraction of sp³-hybridized carbons (Fsp3) is 0.500. The Morgan fingerprint density at radius 1 is 1.25 bits per heavy atom. The summed E-state index contributed by atoms with van der Waals surface area (Å²) < 4.78 is 5.46. The molecular weight excluding hydrogens is 299 g/mol. The number of nitrogens with zero attached hydrogens (tertiary/aromatic N) is 2. The Morgan fingerprint density at radius 2 is 1.95 bits per heavy atom. The van der Waals surface area contributed by atoms with Crippen LogP contribution in [0.4, 0.5) is 0 Å². The van der Waals surface area contributed by atoms with E-state index in [9.17, 15) is 4.79 Å². The molecule has 0 unspecified atom stereocenters. The van der Waals surface area contributed by atoms with Gasteiger partial charge in [0.25, 0.3) is 5.91 Å². The first-order valence-electron chi connectivity index (χ1n) is 6.68. The number of ether oxygens (including phenoxy) is 1. The van der Waals surface area contributed by atoms with Crippen molar-refractivity contribution in [3.8, 4) is 5.75 Å². The van der Waals surface area contributed by atoms with E-state index in [0.29, 0.717) is 15.8 Å². The van der Waals surface area contributed by atoms with Gasteiger partial charge in [0.2, 0.25) is 0 Å². The Kier molecular flexibility index (Phi) is 5.52. The Hall–Kier alpha value is -0.970. The summed E-state index contributed by atoms with van der Waals surface area (Å²) in [6.45, 7) is 6.48. The molecule has 1 saturated heterocycles. The zero-order valence-electron chi connectivity index (χ0n) is 11.4. The summed E-state index contributed by atoms with van der Waals surface area (Å²) in [7, 11) is 0. The van der Waals surface area contributed by atoms with Crippen LogP contribution in [0.5, 0.6) is 5.75 Å². The first-order valence-corrected chi connectivity index (χ1v) is 7.43. The average molecular weight is 317 g/mol. The lowest BCUT2D eigenvalue weighted by Gasteiger charge is -2.33. The molecule has 0 atom stereocenters. The molecule has 1 aliphatic rings. The smallest absolute Gasteiger partial charge is 0.260 e. The van der Waals surface area contributed by atoms with Crippen molar-refractivity contribution in [2.75, 3.05) is 39.3 Å². The number of carbonyl (C=O) groups is 1. The van der Waals surface area contributed by atoms with E-state index in [2.05, 4.69) is 11.8 Å². The van der Waals surface area contributed by atoms with Crippen LogP contribution in [0, 0.1) is 0 Å². The van der Waals surface area contributed by atoms with Gasteiger partial charge in [0.05, 0.1) is 5.02 Å². The van der Waals surface area contributed by atoms with Gasteiger partial charge in [-0.1, -0.05) is 30.1 Å². The Bertz CT molecular complexity index is 474. The number of rotatable bonds is 4. The molecule has 110 valence electrons. The number of benzene rings is 1. The third-order valence-electron chi connectivity index (χ3n) is 3.42. The molecule has 1 aromatic rings. The maximum atomic E-state index is 12.1. The summed E-state index contributed by atoms with van der Waals surface area (Å²) in [5, 5.41) is 0.992. The molecule has 1 heterocycles. The molecule has 0 saturated carbocycles. The van der Waals surface area contributed by atoms with Crippen LogP contribution < -0.4 is 4.74 Å². The Morgan fingerprint density at radius 3 is 2.60 bits per heavy atom. The van der Waals surface area contributed by atoms with Crippen molar-refractivity contribution in [1.82, 2.24) is 9.80 Å². The number of hydrogen-bond donors (Lipinski definition) is 0. The van der Waals surface area contributed by atoms with Crippen LogP contribution in [0.1, 0.15) is 6.92 Å². The summed E-state index contributed by atoms with van der Waals surface area (Å²) >= 11 is 11.9. The summed E-state index contributed by atoms with van der Waals surface area (Å²) in [6, 6.07) is 4.96. The lowest BCUT2D eigenvalue weighted by molar-refractivity contribution is -0.135. The van der Waals surface area contributed by atoms with Crippen LogP contribution >= 0.6 is 23.2 Å². The predicted molar refractivity (Wildman–Crippen MR) is 80.7 cm³/mol. The molecule has 1 amide bonds.